The fraction of sp³-hybridized carbons (Fsp3) is 0.421. The van der Waals surface area contributed by atoms with Crippen molar-refractivity contribution < 1.29 is 9.53 Å². The molecule has 0 aliphatic carbocycles. The van der Waals surface area contributed by atoms with Crippen LogP contribution in [0.5, 0.6) is 0 Å². The minimum Gasteiger partial charge on any atom is -0.377 e. The molecule has 2 aliphatic rings. The van der Waals surface area contributed by atoms with Gasteiger partial charge in [0, 0.05) is 32.2 Å². The number of nitrogens with zero attached hydrogens (tertiary/aromatic N) is 3. The van der Waals surface area contributed by atoms with E-state index in [-0.39, 0.29) is 11.9 Å². The summed E-state index contributed by atoms with van der Waals surface area (Å²) in [6.45, 7) is 4.94. The van der Waals surface area contributed by atoms with E-state index in [1.54, 1.807) is 6.07 Å². The maximum atomic E-state index is 12.3. The van der Waals surface area contributed by atoms with Crippen LogP contribution in [0, 0.1) is 0 Å². The fourth-order valence-electron chi connectivity index (χ4n) is 3.25. The maximum Gasteiger partial charge on any atom is 0.270 e. The van der Waals surface area contributed by atoms with Gasteiger partial charge in [0.25, 0.3) is 5.91 Å². The normalized spacial score (nSPS) is 16.8. The summed E-state index contributed by atoms with van der Waals surface area (Å²) < 4.78 is 5.12. The molecule has 26 heavy (non-hydrogen) atoms. The first kappa shape index (κ1) is 16.9. The van der Waals surface area contributed by atoms with Gasteiger partial charge in [0.1, 0.15) is 17.8 Å². The molecular formula is C19H23N5O2. The third-order valence-electron chi connectivity index (χ3n) is 4.73. The Kier molecular flexibility index (Phi) is 5.08. The highest BCUT2D eigenvalue weighted by Crippen LogP contribution is 2.21. The second-order valence-corrected chi connectivity index (χ2v) is 6.76. The fourth-order valence-corrected chi connectivity index (χ4v) is 3.25. The van der Waals surface area contributed by atoms with E-state index in [2.05, 4.69) is 49.8 Å². The predicted octanol–water partition coefficient (Wildman–Crippen LogP) is 1.42. The van der Waals surface area contributed by atoms with Crippen LogP contribution in [0.4, 0.5) is 5.82 Å². The summed E-state index contributed by atoms with van der Waals surface area (Å²) in [5.41, 5.74) is 3.21. The Morgan fingerprint density at radius 3 is 2.65 bits per heavy atom. The molecule has 7 nitrogen and oxygen atoms in total. The first-order chi connectivity index (χ1) is 12.8. The quantitative estimate of drug-likeness (QED) is 0.733. The molecule has 0 bridgehead atoms. The number of carbonyl (C=O) groups is 1. The Labute approximate surface area is 152 Å². The molecule has 1 saturated heterocycles. The molecule has 4 rings (SSSR count). The molecule has 136 valence electrons. The molecule has 0 spiro atoms. The molecule has 1 aromatic heterocycles. The van der Waals surface area contributed by atoms with E-state index >= 15 is 0 Å². The van der Waals surface area contributed by atoms with E-state index in [4.69, 9.17) is 4.74 Å². The van der Waals surface area contributed by atoms with Crippen molar-refractivity contribution in [3.63, 3.8) is 0 Å². The van der Waals surface area contributed by atoms with Crippen molar-refractivity contribution in [2.45, 2.75) is 25.6 Å². The summed E-state index contributed by atoms with van der Waals surface area (Å²) in [5, 5.41) is 6.17. The maximum absolute atomic E-state index is 12.3. The van der Waals surface area contributed by atoms with Gasteiger partial charge in [0.15, 0.2) is 0 Å². The lowest BCUT2D eigenvalue weighted by molar-refractivity contribution is 0.0209. The van der Waals surface area contributed by atoms with Gasteiger partial charge < -0.3 is 15.4 Å². The van der Waals surface area contributed by atoms with E-state index in [1.165, 1.54) is 17.5 Å². The number of hydrogen-bond donors (Lipinski definition) is 2. The van der Waals surface area contributed by atoms with Gasteiger partial charge in [0.2, 0.25) is 0 Å². The summed E-state index contributed by atoms with van der Waals surface area (Å²) >= 11 is 0. The zero-order chi connectivity index (χ0) is 17.8. The van der Waals surface area contributed by atoms with Crippen LogP contribution < -0.4 is 10.6 Å². The van der Waals surface area contributed by atoms with Gasteiger partial charge in [-0.25, -0.2) is 9.97 Å². The number of ether oxygens (including phenoxy) is 1. The molecule has 7 heteroatoms. The number of aromatic nitrogens is 2. The zero-order valence-corrected chi connectivity index (χ0v) is 14.6. The van der Waals surface area contributed by atoms with Crippen molar-refractivity contribution in [1.29, 1.82) is 0 Å². The summed E-state index contributed by atoms with van der Waals surface area (Å²) in [4.78, 5) is 22.9. The number of carbonyl (C=O) groups excluding carboxylic acids is 1. The van der Waals surface area contributed by atoms with Crippen molar-refractivity contribution in [3.05, 3.63) is 53.5 Å². The van der Waals surface area contributed by atoms with Crippen molar-refractivity contribution in [2.75, 3.05) is 31.6 Å². The molecule has 0 unspecified atom stereocenters. The minimum atomic E-state index is -0.162. The number of fused-ring (bicyclic) bond motifs is 1. The van der Waals surface area contributed by atoms with E-state index in [0.717, 1.165) is 26.1 Å². The Bertz CT molecular complexity index is 753. The number of rotatable bonds is 7. The Hall–Kier alpha value is -2.51. The van der Waals surface area contributed by atoms with Crippen LogP contribution in [-0.4, -0.2) is 53.1 Å². The second-order valence-electron chi connectivity index (χ2n) is 6.76. The summed E-state index contributed by atoms with van der Waals surface area (Å²) in [6, 6.07) is 10.5. The van der Waals surface area contributed by atoms with Crippen molar-refractivity contribution in [2.24, 2.45) is 0 Å². The van der Waals surface area contributed by atoms with Crippen LogP contribution in [-0.2, 0) is 17.8 Å². The van der Waals surface area contributed by atoms with Gasteiger partial charge in [-0.05, 0) is 17.5 Å². The largest absolute Gasteiger partial charge is 0.377 e. The van der Waals surface area contributed by atoms with Crippen molar-refractivity contribution >= 4 is 11.7 Å². The molecule has 2 N–H and O–H groups in total. The first-order valence-corrected chi connectivity index (χ1v) is 9.01. The number of nitrogens with one attached hydrogen (secondary N) is 2. The SMILES string of the molecule is O=C(NCCCN1Cc2ccccc2C1)c1cc(NC2COC2)ncn1. The van der Waals surface area contributed by atoms with E-state index in [0.29, 0.717) is 31.3 Å². The first-order valence-electron chi connectivity index (χ1n) is 9.01. The van der Waals surface area contributed by atoms with Crippen LogP contribution in [0.3, 0.4) is 0 Å². The molecule has 0 radical (unpaired) electrons. The van der Waals surface area contributed by atoms with Gasteiger partial charge >= 0.3 is 0 Å². The highest BCUT2D eigenvalue weighted by molar-refractivity contribution is 5.92. The average molecular weight is 353 g/mol. The van der Waals surface area contributed by atoms with Crippen LogP contribution in [0.1, 0.15) is 28.0 Å². The van der Waals surface area contributed by atoms with E-state index in [1.807, 2.05) is 0 Å². The molecule has 0 saturated carbocycles. The topological polar surface area (TPSA) is 79.4 Å². The lowest BCUT2D eigenvalue weighted by Gasteiger charge is -2.27. The summed E-state index contributed by atoms with van der Waals surface area (Å²) in [6.07, 6.45) is 2.33. The van der Waals surface area contributed by atoms with Crippen molar-refractivity contribution in [3.8, 4) is 0 Å². The number of anilines is 1. The van der Waals surface area contributed by atoms with Gasteiger partial charge in [-0.15, -0.1) is 0 Å². The Balaban J connectivity index is 1.20. The van der Waals surface area contributed by atoms with Gasteiger partial charge in [-0.3, -0.25) is 9.69 Å². The summed E-state index contributed by atoms with van der Waals surface area (Å²) in [5.74, 6) is 0.498. The van der Waals surface area contributed by atoms with E-state index < -0.39 is 0 Å². The lowest BCUT2D eigenvalue weighted by Crippen LogP contribution is -2.40. The van der Waals surface area contributed by atoms with Gasteiger partial charge in [-0.1, -0.05) is 24.3 Å². The third kappa shape index (κ3) is 4.00. The lowest BCUT2D eigenvalue weighted by atomic mass is 10.1. The molecule has 1 fully saturated rings. The van der Waals surface area contributed by atoms with Crippen LogP contribution in [0.2, 0.25) is 0 Å². The van der Waals surface area contributed by atoms with E-state index in [9.17, 15) is 4.79 Å². The van der Waals surface area contributed by atoms with Crippen LogP contribution >= 0.6 is 0 Å². The minimum absolute atomic E-state index is 0.162. The molecule has 1 amide bonds. The molecule has 0 atom stereocenters. The number of hydrogen-bond acceptors (Lipinski definition) is 6. The molecule has 3 heterocycles. The smallest absolute Gasteiger partial charge is 0.270 e. The second kappa shape index (κ2) is 7.80. The summed E-state index contributed by atoms with van der Waals surface area (Å²) in [7, 11) is 0. The number of amides is 1. The number of benzene rings is 1. The van der Waals surface area contributed by atoms with Gasteiger partial charge in [0.05, 0.1) is 19.3 Å². The standard InChI is InChI=1S/C19H23N5O2/c25-19(17-8-18(22-13-21-17)23-16-11-26-12-16)20-6-3-7-24-9-14-4-1-2-5-15(14)10-24/h1-2,4-5,8,13,16H,3,6-7,9-12H2,(H,20,25)(H,21,22,23). The van der Waals surface area contributed by atoms with Crippen LogP contribution in [0.15, 0.2) is 36.7 Å². The highest BCUT2D eigenvalue weighted by Gasteiger charge is 2.19. The van der Waals surface area contributed by atoms with Gasteiger partial charge in [-0.2, -0.15) is 0 Å². The zero-order valence-electron chi connectivity index (χ0n) is 14.6. The molecule has 1 aromatic carbocycles. The Morgan fingerprint density at radius 2 is 1.96 bits per heavy atom. The monoisotopic (exact) mass is 353 g/mol. The molecular weight excluding hydrogens is 330 g/mol. The predicted molar refractivity (Wildman–Crippen MR) is 97.8 cm³/mol. The molecule has 2 aromatic rings. The van der Waals surface area contributed by atoms with Crippen molar-refractivity contribution in [1.82, 2.24) is 20.2 Å². The third-order valence-corrected chi connectivity index (χ3v) is 4.73. The Morgan fingerprint density at radius 1 is 1.19 bits per heavy atom. The highest BCUT2D eigenvalue weighted by atomic mass is 16.5. The average Bonchev–Trinajstić information content (AvgIpc) is 3.05. The molecule has 2 aliphatic heterocycles. The van der Waals surface area contributed by atoms with Crippen LogP contribution in [0.25, 0.3) is 0 Å².